The van der Waals surface area contributed by atoms with E-state index in [0.29, 0.717) is 0 Å². The molecule has 124 valence electrons. The molecule has 2 rings (SSSR count). The summed E-state index contributed by atoms with van der Waals surface area (Å²) in [6.07, 6.45) is -5.08. The summed E-state index contributed by atoms with van der Waals surface area (Å²) in [4.78, 5) is 8.90. The van der Waals surface area contributed by atoms with Crippen LogP contribution in [-0.2, 0) is 4.79 Å². The average Bonchev–Trinajstić information content (AvgIpc) is 2.55. The van der Waals surface area contributed by atoms with E-state index in [1.807, 2.05) is 54.6 Å². The van der Waals surface area contributed by atoms with Crippen LogP contribution in [0, 0.1) is 0 Å². The topological polar surface area (TPSA) is 75.8 Å². The van der Waals surface area contributed by atoms with E-state index in [9.17, 15) is 13.2 Å². The number of rotatable bonds is 3. The van der Waals surface area contributed by atoms with Gasteiger partial charge in [-0.25, -0.2) is 10.6 Å². The number of hydrazine groups is 1. The van der Waals surface area contributed by atoms with E-state index in [2.05, 4.69) is 0 Å². The van der Waals surface area contributed by atoms with E-state index >= 15 is 0 Å². The third-order valence-electron chi connectivity index (χ3n) is 2.63. The number of halogens is 3. The van der Waals surface area contributed by atoms with E-state index in [0.717, 1.165) is 17.1 Å². The number of carboxylic acid groups (broad SMARTS) is 1. The van der Waals surface area contributed by atoms with Gasteiger partial charge in [-0.3, -0.25) is 5.01 Å². The molecule has 0 bridgehead atoms. The number of nitrogens with zero attached hydrogens (tertiary/aromatic N) is 1. The molecule has 2 aromatic rings. The number of carbonyl (C=O) groups is 1. The average molecular weight is 328 g/mol. The van der Waals surface area contributed by atoms with Gasteiger partial charge in [-0.05, 0) is 36.4 Å². The molecular weight excluding hydrogens is 313 g/mol. The van der Waals surface area contributed by atoms with Gasteiger partial charge in [0.25, 0.3) is 0 Å². The van der Waals surface area contributed by atoms with E-state index in [4.69, 9.17) is 20.5 Å². The third kappa shape index (κ3) is 5.87. The molecule has 0 aliphatic rings. The van der Waals surface area contributed by atoms with Crippen LogP contribution in [0.1, 0.15) is 0 Å². The molecule has 0 saturated carbocycles. The first-order chi connectivity index (χ1) is 10.8. The Hall–Kier alpha value is -2.74. The summed E-state index contributed by atoms with van der Waals surface area (Å²) in [5.41, 5.74) is 1.87. The lowest BCUT2D eigenvalue weighted by Crippen LogP contribution is -2.24. The van der Waals surface area contributed by atoms with Crippen LogP contribution in [0.5, 0.6) is 5.75 Å². The third-order valence-corrected chi connectivity index (χ3v) is 2.63. The number of hydrogen-bond donors (Lipinski definition) is 2. The summed E-state index contributed by atoms with van der Waals surface area (Å²) in [7, 11) is 1.65. The number of carboxylic acids is 1. The van der Waals surface area contributed by atoms with Crippen molar-refractivity contribution < 1.29 is 27.8 Å². The van der Waals surface area contributed by atoms with Gasteiger partial charge >= 0.3 is 12.1 Å². The second-order valence-electron chi connectivity index (χ2n) is 4.21. The van der Waals surface area contributed by atoms with Crippen molar-refractivity contribution >= 4 is 17.3 Å². The van der Waals surface area contributed by atoms with Crippen LogP contribution in [0.15, 0.2) is 54.6 Å². The van der Waals surface area contributed by atoms with Crippen LogP contribution in [-0.4, -0.2) is 24.4 Å². The van der Waals surface area contributed by atoms with Gasteiger partial charge < -0.3 is 9.84 Å². The quantitative estimate of drug-likeness (QED) is 0.667. The zero-order chi connectivity index (χ0) is 17.5. The minimum atomic E-state index is -5.08. The number of benzene rings is 2. The molecule has 0 aromatic heterocycles. The van der Waals surface area contributed by atoms with Gasteiger partial charge in [0.1, 0.15) is 5.75 Å². The summed E-state index contributed by atoms with van der Waals surface area (Å²) < 4.78 is 36.8. The van der Waals surface area contributed by atoms with E-state index < -0.39 is 12.1 Å². The maximum Gasteiger partial charge on any atom is 0.490 e. The van der Waals surface area contributed by atoms with Crippen molar-refractivity contribution in [1.29, 1.82) is 0 Å². The van der Waals surface area contributed by atoms with Gasteiger partial charge in [0.05, 0.1) is 18.5 Å². The molecule has 2 aromatic carbocycles. The fourth-order valence-corrected chi connectivity index (χ4v) is 1.48. The van der Waals surface area contributed by atoms with Gasteiger partial charge in [-0.2, -0.15) is 13.2 Å². The molecule has 23 heavy (non-hydrogen) atoms. The molecule has 0 heterocycles. The molecule has 0 saturated heterocycles. The Bertz CT molecular complexity index is 616. The van der Waals surface area contributed by atoms with Crippen LogP contribution < -0.4 is 15.6 Å². The summed E-state index contributed by atoms with van der Waals surface area (Å²) in [5.74, 6) is 4.07. The Balaban J connectivity index is 0.000000322. The highest BCUT2D eigenvalue weighted by atomic mass is 19.4. The minimum Gasteiger partial charge on any atom is -0.497 e. The van der Waals surface area contributed by atoms with Crippen molar-refractivity contribution in [3.8, 4) is 5.75 Å². The standard InChI is InChI=1S/C13H14N2O.C2HF3O2/c1-16-13-9-7-12(8-10-13)15(14)11-5-3-2-4-6-11;3-2(4,5)1(6)7/h2-10H,14H2,1H3;(H,6,7). The van der Waals surface area contributed by atoms with Crippen LogP contribution in [0.4, 0.5) is 24.5 Å². The number of nitrogens with two attached hydrogens (primary N) is 1. The van der Waals surface area contributed by atoms with Gasteiger partial charge in [0.2, 0.25) is 0 Å². The first-order valence-electron chi connectivity index (χ1n) is 6.29. The van der Waals surface area contributed by atoms with Crippen LogP contribution >= 0.6 is 0 Å². The van der Waals surface area contributed by atoms with Crippen molar-refractivity contribution in [1.82, 2.24) is 0 Å². The maximum absolute atomic E-state index is 10.6. The van der Waals surface area contributed by atoms with Crippen molar-refractivity contribution in [3.05, 3.63) is 54.6 Å². The highest BCUT2D eigenvalue weighted by Crippen LogP contribution is 2.23. The summed E-state index contributed by atoms with van der Waals surface area (Å²) in [5, 5.41) is 8.76. The maximum atomic E-state index is 10.6. The molecule has 0 fully saturated rings. The first kappa shape index (κ1) is 18.3. The Labute approximate surface area is 130 Å². The highest BCUT2D eigenvalue weighted by Gasteiger charge is 2.38. The molecule has 0 radical (unpaired) electrons. The summed E-state index contributed by atoms with van der Waals surface area (Å²) >= 11 is 0. The predicted molar refractivity (Wildman–Crippen MR) is 79.5 cm³/mol. The molecule has 0 amide bonds. The van der Waals surface area contributed by atoms with Crippen molar-refractivity contribution in [3.63, 3.8) is 0 Å². The van der Waals surface area contributed by atoms with Gasteiger partial charge in [-0.15, -0.1) is 0 Å². The lowest BCUT2D eigenvalue weighted by Gasteiger charge is -2.18. The van der Waals surface area contributed by atoms with Crippen LogP contribution in [0.2, 0.25) is 0 Å². The second-order valence-corrected chi connectivity index (χ2v) is 4.21. The SMILES string of the molecule is COc1ccc(N(N)c2ccccc2)cc1.O=C(O)C(F)(F)F. The van der Waals surface area contributed by atoms with Gasteiger partial charge in [-0.1, -0.05) is 18.2 Å². The number of hydrogen-bond acceptors (Lipinski definition) is 4. The zero-order valence-corrected chi connectivity index (χ0v) is 12.1. The van der Waals surface area contributed by atoms with Crippen molar-refractivity contribution in [2.24, 2.45) is 5.84 Å². The Kier molecular flexibility index (Phi) is 6.40. The molecule has 0 aliphatic heterocycles. The van der Waals surface area contributed by atoms with Gasteiger partial charge in [0.15, 0.2) is 0 Å². The molecular formula is C15H15F3N2O3. The zero-order valence-electron chi connectivity index (χ0n) is 12.1. The fourth-order valence-electron chi connectivity index (χ4n) is 1.48. The molecule has 0 spiro atoms. The molecule has 3 N–H and O–H groups in total. The van der Waals surface area contributed by atoms with Crippen LogP contribution in [0.25, 0.3) is 0 Å². The number of anilines is 2. The lowest BCUT2D eigenvalue weighted by atomic mass is 10.2. The summed E-state index contributed by atoms with van der Waals surface area (Å²) in [6.45, 7) is 0. The predicted octanol–water partition coefficient (Wildman–Crippen LogP) is 3.34. The van der Waals surface area contributed by atoms with Crippen LogP contribution in [0.3, 0.4) is 0 Å². The van der Waals surface area contributed by atoms with E-state index in [1.165, 1.54) is 0 Å². The smallest absolute Gasteiger partial charge is 0.490 e. The fraction of sp³-hybridized carbons (Fsp3) is 0.133. The molecule has 8 heteroatoms. The second kappa shape index (κ2) is 8.04. The highest BCUT2D eigenvalue weighted by molar-refractivity contribution is 5.73. The largest absolute Gasteiger partial charge is 0.497 e. The Morgan fingerprint density at radius 2 is 1.48 bits per heavy atom. The van der Waals surface area contributed by atoms with Crippen molar-refractivity contribution in [2.75, 3.05) is 12.1 Å². The van der Waals surface area contributed by atoms with E-state index in [-0.39, 0.29) is 0 Å². The van der Waals surface area contributed by atoms with E-state index in [1.54, 1.807) is 12.1 Å². The monoisotopic (exact) mass is 328 g/mol. The lowest BCUT2D eigenvalue weighted by molar-refractivity contribution is -0.192. The number of alkyl halides is 3. The summed E-state index contributed by atoms with van der Waals surface area (Å²) in [6, 6.07) is 17.4. The first-order valence-corrected chi connectivity index (χ1v) is 6.29. The number of methoxy groups -OCH3 is 1. The normalized spacial score (nSPS) is 10.3. The number of aliphatic carboxylic acids is 1. The molecule has 5 nitrogen and oxygen atoms in total. The molecule has 0 unspecified atom stereocenters. The molecule has 0 aliphatic carbocycles. The van der Waals surface area contributed by atoms with Crippen molar-refractivity contribution in [2.45, 2.75) is 6.18 Å². The number of para-hydroxylation sites is 1. The van der Waals surface area contributed by atoms with Gasteiger partial charge in [0, 0.05) is 0 Å². The Morgan fingerprint density at radius 3 is 1.87 bits per heavy atom. The molecule has 0 atom stereocenters. The minimum absolute atomic E-state index is 0.824. The number of ether oxygens (including phenoxy) is 1. The Morgan fingerprint density at radius 1 is 1.04 bits per heavy atom.